The first-order valence-electron chi connectivity index (χ1n) is 7.57. The highest BCUT2D eigenvalue weighted by Gasteiger charge is 2.20. The van der Waals surface area contributed by atoms with Crippen LogP contribution >= 0.6 is 24.0 Å². The maximum Gasteiger partial charge on any atom is 0.191 e. The molecule has 1 heterocycles. The van der Waals surface area contributed by atoms with Crippen molar-refractivity contribution < 1.29 is 4.74 Å². The molecular weight excluding hydrogens is 367 g/mol. The van der Waals surface area contributed by atoms with E-state index >= 15 is 0 Å². The van der Waals surface area contributed by atoms with E-state index in [0.29, 0.717) is 12.6 Å². The fraction of sp³-hybridized carbons (Fsp3) is 0.929. The molecule has 6 heteroatoms. The molecule has 1 aliphatic rings. The van der Waals surface area contributed by atoms with Gasteiger partial charge in [-0.05, 0) is 32.9 Å². The molecule has 2 N–H and O–H groups in total. The van der Waals surface area contributed by atoms with Gasteiger partial charge in [0.2, 0.25) is 0 Å². The van der Waals surface area contributed by atoms with Gasteiger partial charge >= 0.3 is 0 Å². The number of likely N-dealkylation sites (tertiary alicyclic amines) is 1. The minimum atomic E-state index is 0. The van der Waals surface area contributed by atoms with Crippen molar-refractivity contribution in [2.45, 2.75) is 39.2 Å². The molecule has 20 heavy (non-hydrogen) atoms. The Morgan fingerprint density at radius 1 is 1.30 bits per heavy atom. The van der Waals surface area contributed by atoms with Crippen LogP contribution in [0.2, 0.25) is 0 Å². The SMILES string of the molecule is CCNC(=NCC1CCCCN1CC)NCCOC.I. The second kappa shape index (κ2) is 12.6. The van der Waals surface area contributed by atoms with Gasteiger partial charge < -0.3 is 15.4 Å². The van der Waals surface area contributed by atoms with E-state index < -0.39 is 0 Å². The molecule has 1 unspecified atom stereocenters. The molecule has 1 atom stereocenters. The molecule has 0 aromatic heterocycles. The Labute approximate surface area is 140 Å². The number of likely N-dealkylation sites (N-methyl/N-ethyl adjacent to an activating group) is 1. The summed E-state index contributed by atoms with van der Waals surface area (Å²) in [6.45, 7) is 9.96. The van der Waals surface area contributed by atoms with Gasteiger partial charge in [0.1, 0.15) is 0 Å². The van der Waals surface area contributed by atoms with E-state index in [4.69, 9.17) is 9.73 Å². The summed E-state index contributed by atoms with van der Waals surface area (Å²) in [4.78, 5) is 7.25. The van der Waals surface area contributed by atoms with Crippen molar-refractivity contribution in [1.29, 1.82) is 0 Å². The van der Waals surface area contributed by atoms with E-state index in [1.165, 1.54) is 25.8 Å². The molecular formula is C14H31IN4O. The molecule has 120 valence electrons. The van der Waals surface area contributed by atoms with Gasteiger partial charge in [-0.2, -0.15) is 0 Å². The van der Waals surface area contributed by atoms with Crippen molar-refractivity contribution in [3.63, 3.8) is 0 Å². The summed E-state index contributed by atoms with van der Waals surface area (Å²) < 4.78 is 5.05. The molecule has 0 aromatic carbocycles. The second-order valence-electron chi connectivity index (χ2n) is 4.92. The van der Waals surface area contributed by atoms with E-state index in [9.17, 15) is 0 Å². The quantitative estimate of drug-likeness (QED) is 0.297. The van der Waals surface area contributed by atoms with E-state index in [0.717, 1.165) is 32.1 Å². The van der Waals surface area contributed by atoms with Crippen molar-refractivity contribution in [1.82, 2.24) is 15.5 Å². The van der Waals surface area contributed by atoms with Crippen LogP contribution in [0.4, 0.5) is 0 Å². The Hall–Kier alpha value is -0.0800. The monoisotopic (exact) mass is 398 g/mol. The number of piperidine rings is 1. The number of hydrogen-bond donors (Lipinski definition) is 2. The van der Waals surface area contributed by atoms with Gasteiger partial charge in [-0.25, -0.2) is 0 Å². The van der Waals surface area contributed by atoms with Gasteiger partial charge in [0.05, 0.1) is 13.2 Å². The van der Waals surface area contributed by atoms with Gasteiger partial charge in [0.15, 0.2) is 5.96 Å². The number of halogens is 1. The van der Waals surface area contributed by atoms with Crippen LogP contribution in [0.25, 0.3) is 0 Å². The van der Waals surface area contributed by atoms with Crippen molar-refractivity contribution in [3.05, 3.63) is 0 Å². The normalized spacial score (nSPS) is 20.4. The lowest BCUT2D eigenvalue weighted by Gasteiger charge is -2.33. The summed E-state index contributed by atoms with van der Waals surface area (Å²) >= 11 is 0. The fourth-order valence-corrected chi connectivity index (χ4v) is 2.49. The molecule has 1 fully saturated rings. The van der Waals surface area contributed by atoms with Gasteiger partial charge in [0, 0.05) is 26.2 Å². The Balaban J connectivity index is 0.00000361. The maximum absolute atomic E-state index is 5.05. The largest absolute Gasteiger partial charge is 0.383 e. The zero-order chi connectivity index (χ0) is 13.9. The third-order valence-electron chi connectivity index (χ3n) is 3.56. The molecule has 0 saturated carbocycles. The molecule has 0 amide bonds. The Morgan fingerprint density at radius 3 is 2.75 bits per heavy atom. The van der Waals surface area contributed by atoms with E-state index in [2.05, 4.69) is 29.4 Å². The number of ether oxygens (including phenoxy) is 1. The first kappa shape index (κ1) is 19.9. The minimum absolute atomic E-state index is 0. The average molecular weight is 398 g/mol. The highest BCUT2D eigenvalue weighted by molar-refractivity contribution is 14.0. The number of hydrogen-bond acceptors (Lipinski definition) is 3. The molecule has 0 spiro atoms. The van der Waals surface area contributed by atoms with Crippen LogP contribution in [0.5, 0.6) is 0 Å². The van der Waals surface area contributed by atoms with E-state index in [1.54, 1.807) is 7.11 Å². The molecule has 0 aromatic rings. The number of guanidine groups is 1. The van der Waals surface area contributed by atoms with Crippen LogP contribution in [0.15, 0.2) is 4.99 Å². The lowest BCUT2D eigenvalue weighted by atomic mass is 10.0. The molecule has 1 rings (SSSR count). The Bertz CT molecular complexity index is 264. The third-order valence-corrected chi connectivity index (χ3v) is 3.56. The number of aliphatic imine (C=N–C) groups is 1. The summed E-state index contributed by atoms with van der Waals surface area (Å²) in [6, 6.07) is 0.608. The van der Waals surface area contributed by atoms with Gasteiger partial charge in [-0.1, -0.05) is 13.3 Å². The van der Waals surface area contributed by atoms with Crippen LogP contribution in [-0.2, 0) is 4.74 Å². The fourth-order valence-electron chi connectivity index (χ4n) is 2.49. The Kier molecular flexibility index (Phi) is 12.6. The van der Waals surface area contributed by atoms with Crippen LogP contribution in [0, 0.1) is 0 Å². The van der Waals surface area contributed by atoms with Crippen LogP contribution in [0.1, 0.15) is 33.1 Å². The number of nitrogens with zero attached hydrogens (tertiary/aromatic N) is 2. The summed E-state index contributed by atoms with van der Waals surface area (Å²) in [5, 5.41) is 6.57. The summed E-state index contributed by atoms with van der Waals surface area (Å²) in [5.41, 5.74) is 0. The predicted octanol–water partition coefficient (Wildman–Crippen LogP) is 1.68. The van der Waals surface area contributed by atoms with E-state index in [1.807, 2.05) is 0 Å². The lowest BCUT2D eigenvalue weighted by molar-refractivity contribution is 0.161. The second-order valence-corrected chi connectivity index (χ2v) is 4.92. The summed E-state index contributed by atoms with van der Waals surface area (Å²) in [6.07, 6.45) is 3.94. The molecule has 1 saturated heterocycles. The number of methoxy groups -OCH3 is 1. The number of rotatable bonds is 7. The van der Waals surface area contributed by atoms with Crippen molar-refractivity contribution in [2.75, 3.05) is 46.4 Å². The average Bonchev–Trinajstić information content (AvgIpc) is 2.45. The van der Waals surface area contributed by atoms with Crippen molar-refractivity contribution >= 4 is 29.9 Å². The van der Waals surface area contributed by atoms with Crippen LogP contribution in [-0.4, -0.2) is 63.3 Å². The molecule has 0 aliphatic carbocycles. The van der Waals surface area contributed by atoms with Gasteiger partial charge in [-0.3, -0.25) is 9.89 Å². The topological polar surface area (TPSA) is 48.9 Å². The molecule has 0 bridgehead atoms. The Morgan fingerprint density at radius 2 is 2.10 bits per heavy atom. The predicted molar refractivity (Wildman–Crippen MR) is 96.2 cm³/mol. The van der Waals surface area contributed by atoms with E-state index in [-0.39, 0.29) is 24.0 Å². The summed E-state index contributed by atoms with van der Waals surface area (Å²) in [7, 11) is 1.72. The lowest BCUT2D eigenvalue weighted by Crippen LogP contribution is -2.43. The van der Waals surface area contributed by atoms with Gasteiger partial charge in [-0.15, -0.1) is 24.0 Å². The standard InChI is InChI=1S/C14H30N4O.HI/c1-4-15-14(16-9-11-19-3)17-12-13-8-6-7-10-18(13)5-2;/h13H,4-12H2,1-3H3,(H2,15,16,17);1H. The zero-order valence-electron chi connectivity index (χ0n) is 13.2. The first-order valence-corrected chi connectivity index (χ1v) is 7.57. The smallest absolute Gasteiger partial charge is 0.191 e. The molecule has 0 radical (unpaired) electrons. The van der Waals surface area contributed by atoms with Crippen molar-refractivity contribution in [3.8, 4) is 0 Å². The van der Waals surface area contributed by atoms with Crippen molar-refractivity contribution in [2.24, 2.45) is 4.99 Å². The first-order chi connectivity index (χ1) is 9.31. The highest BCUT2D eigenvalue weighted by Crippen LogP contribution is 2.16. The minimum Gasteiger partial charge on any atom is -0.383 e. The van der Waals surface area contributed by atoms with Crippen LogP contribution < -0.4 is 10.6 Å². The summed E-state index contributed by atoms with van der Waals surface area (Å²) in [5.74, 6) is 0.904. The zero-order valence-corrected chi connectivity index (χ0v) is 15.5. The van der Waals surface area contributed by atoms with Gasteiger partial charge in [0.25, 0.3) is 0 Å². The highest BCUT2D eigenvalue weighted by atomic mass is 127. The molecule has 5 nitrogen and oxygen atoms in total. The maximum atomic E-state index is 5.05. The number of nitrogens with one attached hydrogen (secondary N) is 2. The third kappa shape index (κ3) is 7.64. The van der Waals surface area contributed by atoms with Crippen LogP contribution in [0.3, 0.4) is 0 Å². The molecule has 1 aliphatic heterocycles.